The number of rotatable bonds is 6. The summed E-state index contributed by atoms with van der Waals surface area (Å²) in [7, 11) is 0. The van der Waals surface area contributed by atoms with Crippen molar-refractivity contribution in [2.75, 3.05) is 23.8 Å². The van der Waals surface area contributed by atoms with Crippen LogP contribution in [-0.4, -0.2) is 35.0 Å². The Morgan fingerprint density at radius 1 is 0.774 bits per heavy atom. The molecule has 4 aromatic rings. The molecule has 2 N–H and O–H groups in total. The fourth-order valence-electron chi connectivity index (χ4n) is 2.53. The molecule has 4 rings (SSSR count). The van der Waals surface area contributed by atoms with Gasteiger partial charge in [-0.2, -0.15) is 0 Å². The molecule has 31 heavy (non-hydrogen) atoms. The van der Waals surface area contributed by atoms with Gasteiger partial charge in [0, 0.05) is 0 Å². The second-order valence-corrected chi connectivity index (χ2v) is 9.68. The summed E-state index contributed by atoms with van der Waals surface area (Å²) in [6, 6.07) is 6.85. The zero-order chi connectivity index (χ0) is 22.1. The van der Waals surface area contributed by atoms with Crippen molar-refractivity contribution in [2.24, 2.45) is 0 Å². The molecule has 0 bridgehead atoms. The first-order valence-corrected chi connectivity index (χ1v) is 11.6. The summed E-state index contributed by atoms with van der Waals surface area (Å²) >= 11 is 26.7. The highest BCUT2D eigenvalue weighted by atomic mass is 35.5. The third-order valence-electron chi connectivity index (χ3n) is 3.86. The quantitative estimate of drug-likeness (QED) is 0.310. The molecule has 0 atom stereocenters. The fourth-order valence-corrected chi connectivity index (χ4v) is 5.14. The molecular formula is C18H10Cl4N4O3S2. The third-order valence-corrected chi connectivity index (χ3v) is 7.32. The van der Waals surface area contributed by atoms with Gasteiger partial charge in [-0.25, -0.2) is 9.97 Å². The van der Waals surface area contributed by atoms with Crippen molar-refractivity contribution in [3.05, 3.63) is 44.4 Å². The van der Waals surface area contributed by atoms with E-state index in [1.165, 1.54) is 22.7 Å². The van der Waals surface area contributed by atoms with E-state index in [1.807, 2.05) is 0 Å². The standard InChI is InChI=1S/C18H10Cl4N4O3S2/c19-7-1-3-9-15(13(7)21)25-17(30-9)23-11(27)5-29-6-12(28)24-18-26-16-10(31-18)4-2-8(20)14(16)22/h1-4H,5-6H2,(H,23,25,27)(H,24,26,28). The van der Waals surface area contributed by atoms with Crippen molar-refractivity contribution >= 4 is 112 Å². The number of carbonyl (C=O) groups is 2. The molecule has 7 nitrogen and oxygen atoms in total. The molecule has 13 heteroatoms. The SMILES string of the molecule is O=C(COCC(=O)Nc1nc2c(Cl)c(Cl)ccc2s1)Nc1nc2c(Cl)c(Cl)ccc2s1. The van der Waals surface area contributed by atoms with Gasteiger partial charge in [0.05, 0.1) is 29.5 Å². The number of aromatic nitrogens is 2. The molecular weight excluding hydrogens is 526 g/mol. The van der Waals surface area contributed by atoms with Gasteiger partial charge in [0.25, 0.3) is 11.8 Å². The lowest BCUT2D eigenvalue weighted by Crippen LogP contribution is -2.23. The van der Waals surface area contributed by atoms with Gasteiger partial charge >= 0.3 is 0 Å². The molecule has 2 aromatic heterocycles. The molecule has 0 aliphatic carbocycles. The first-order valence-electron chi connectivity index (χ1n) is 8.48. The van der Waals surface area contributed by atoms with Crippen LogP contribution in [0.15, 0.2) is 24.3 Å². The number of hydrogen-bond acceptors (Lipinski definition) is 7. The molecule has 160 valence electrons. The lowest BCUT2D eigenvalue weighted by Gasteiger charge is -2.04. The van der Waals surface area contributed by atoms with E-state index < -0.39 is 11.8 Å². The first kappa shape index (κ1) is 22.5. The maximum atomic E-state index is 12.1. The van der Waals surface area contributed by atoms with Crippen LogP contribution in [-0.2, 0) is 14.3 Å². The highest BCUT2D eigenvalue weighted by Crippen LogP contribution is 2.36. The monoisotopic (exact) mass is 534 g/mol. The summed E-state index contributed by atoms with van der Waals surface area (Å²) in [5.74, 6) is -0.925. The van der Waals surface area contributed by atoms with Crippen molar-refractivity contribution in [3.63, 3.8) is 0 Å². The maximum absolute atomic E-state index is 12.1. The molecule has 0 aliphatic heterocycles. The second kappa shape index (κ2) is 9.41. The number of nitrogens with one attached hydrogen (secondary N) is 2. The minimum absolute atomic E-state index is 0.322. The van der Waals surface area contributed by atoms with Crippen molar-refractivity contribution in [1.82, 2.24) is 9.97 Å². The molecule has 2 heterocycles. The van der Waals surface area contributed by atoms with Crippen LogP contribution in [0.3, 0.4) is 0 Å². The Morgan fingerprint density at radius 3 is 1.61 bits per heavy atom. The normalized spacial score (nSPS) is 11.2. The molecule has 0 fully saturated rings. The van der Waals surface area contributed by atoms with Crippen LogP contribution < -0.4 is 10.6 Å². The Bertz CT molecular complexity index is 1220. The average molecular weight is 536 g/mol. The fraction of sp³-hybridized carbons (Fsp3) is 0.111. The van der Waals surface area contributed by atoms with Crippen LogP contribution in [0, 0.1) is 0 Å². The Labute approximate surface area is 203 Å². The Kier molecular flexibility index (Phi) is 6.83. The Balaban J connectivity index is 1.29. The third kappa shape index (κ3) is 5.04. The van der Waals surface area contributed by atoms with Crippen molar-refractivity contribution in [1.29, 1.82) is 0 Å². The van der Waals surface area contributed by atoms with E-state index in [0.29, 0.717) is 41.4 Å². The topological polar surface area (TPSA) is 93.2 Å². The zero-order valence-corrected chi connectivity index (χ0v) is 19.8. The van der Waals surface area contributed by atoms with Gasteiger partial charge in [-0.15, -0.1) is 0 Å². The highest BCUT2D eigenvalue weighted by molar-refractivity contribution is 7.22. The summed E-state index contributed by atoms with van der Waals surface area (Å²) in [4.78, 5) is 32.6. The molecule has 0 spiro atoms. The van der Waals surface area contributed by atoms with E-state index in [9.17, 15) is 9.59 Å². The van der Waals surface area contributed by atoms with Crippen LogP contribution in [0.25, 0.3) is 20.4 Å². The van der Waals surface area contributed by atoms with Gasteiger partial charge in [-0.1, -0.05) is 69.1 Å². The molecule has 2 aromatic carbocycles. The largest absolute Gasteiger partial charge is 0.362 e. The van der Waals surface area contributed by atoms with E-state index >= 15 is 0 Å². The zero-order valence-electron chi connectivity index (χ0n) is 15.2. The molecule has 0 saturated heterocycles. The maximum Gasteiger partial charge on any atom is 0.252 e. The van der Waals surface area contributed by atoms with Crippen LogP contribution in [0.1, 0.15) is 0 Å². The van der Waals surface area contributed by atoms with E-state index in [2.05, 4.69) is 20.6 Å². The van der Waals surface area contributed by atoms with E-state index in [0.717, 1.165) is 9.40 Å². The Hall–Kier alpha value is -1.72. The average Bonchev–Trinajstić information content (AvgIpc) is 3.32. The molecule has 2 amide bonds. The van der Waals surface area contributed by atoms with E-state index in [4.69, 9.17) is 51.1 Å². The van der Waals surface area contributed by atoms with E-state index in [1.54, 1.807) is 24.3 Å². The van der Waals surface area contributed by atoms with Gasteiger partial charge in [0.1, 0.15) is 24.2 Å². The van der Waals surface area contributed by atoms with Gasteiger partial charge in [-0.3, -0.25) is 20.2 Å². The van der Waals surface area contributed by atoms with E-state index in [-0.39, 0.29) is 13.2 Å². The number of carbonyl (C=O) groups excluding carboxylic acids is 2. The molecule has 0 radical (unpaired) electrons. The molecule has 0 unspecified atom stereocenters. The van der Waals surface area contributed by atoms with Gasteiger partial charge in [-0.05, 0) is 24.3 Å². The van der Waals surface area contributed by atoms with Crippen LogP contribution >= 0.6 is 69.1 Å². The smallest absolute Gasteiger partial charge is 0.252 e. The number of hydrogen-bond donors (Lipinski definition) is 2. The number of thiazole rings is 2. The number of nitrogens with zero attached hydrogens (tertiary/aromatic N) is 2. The number of anilines is 2. The van der Waals surface area contributed by atoms with Gasteiger partial charge in [0.2, 0.25) is 0 Å². The number of amides is 2. The summed E-state index contributed by atoms with van der Waals surface area (Å²) < 4.78 is 6.73. The number of fused-ring (bicyclic) bond motifs is 2. The minimum Gasteiger partial charge on any atom is -0.362 e. The number of benzene rings is 2. The van der Waals surface area contributed by atoms with Crippen molar-refractivity contribution in [3.8, 4) is 0 Å². The minimum atomic E-state index is -0.463. The lowest BCUT2D eigenvalue weighted by molar-refractivity contribution is -0.125. The number of halogens is 4. The summed E-state index contributed by atoms with van der Waals surface area (Å²) in [5.41, 5.74) is 1.01. The molecule has 0 saturated carbocycles. The lowest BCUT2D eigenvalue weighted by atomic mass is 10.3. The van der Waals surface area contributed by atoms with Crippen LogP contribution in [0.4, 0.5) is 10.3 Å². The van der Waals surface area contributed by atoms with Crippen LogP contribution in [0.2, 0.25) is 20.1 Å². The predicted molar refractivity (Wildman–Crippen MR) is 127 cm³/mol. The van der Waals surface area contributed by atoms with Crippen LogP contribution in [0.5, 0.6) is 0 Å². The predicted octanol–water partition coefficient (Wildman–Crippen LogP) is 6.11. The highest BCUT2D eigenvalue weighted by Gasteiger charge is 2.14. The van der Waals surface area contributed by atoms with Crippen molar-refractivity contribution < 1.29 is 14.3 Å². The molecule has 0 aliphatic rings. The summed E-state index contributed by atoms with van der Waals surface area (Å²) in [6.45, 7) is -0.668. The van der Waals surface area contributed by atoms with Gasteiger partial charge in [0.15, 0.2) is 10.3 Å². The second-order valence-electron chi connectivity index (χ2n) is 6.04. The summed E-state index contributed by atoms with van der Waals surface area (Å²) in [6.07, 6.45) is 0. The Morgan fingerprint density at radius 2 is 1.19 bits per heavy atom. The van der Waals surface area contributed by atoms with Gasteiger partial charge < -0.3 is 4.74 Å². The number of ether oxygens (including phenoxy) is 1. The van der Waals surface area contributed by atoms with Crippen molar-refractivity contribution in [2.45, 2.75) is 0 Å². The first-order chi connectivity index (χ1) is 14.8. The summed E-state index contributed by atoms with van der Waals surface area (Å²) in [5, 5.41) is 7.31.